The quantitative estimate of drug-likeness (QED) is 0.859. The molecule has 1 aliphatic rings. The molecule has 1 heterocycles. The number of amides is 1. The number of carbonyl (C=O) groups excluding carboxylic acids is 1. The highest BCUT2D eigenvalue weighted by Crippen LogP contribution is 2.25. The molecule has 6 heteroatoms. The summed E-state index contributed by atoms with van der Waals surface area (Å²) in [6, 6.07) is -0.0131. The molecule has 1 amide bonds. The van der Waals surface area contributed by atoms with E-state index < -0.39 is 5.97 Å². The normalized spacial score (nSPS) is 21.9. The van der Waals surface area contributed by atoms with Crippen LogP contribution in [0.25, 0.3) is 0 Å². The van der Waals surface area contributed by atoms with Crippen molar-refractivity contribution in [2.45, 2.75) is 45.6 Å². The van der Waals surface area contributed by atoms with Crippen LogP contribution >= 0.6 is 0 Å². The number of hydrogen-bond donors (Lipinski definition) is 2. The van der Waals surface area contributed by atoms with Crippen molar-refractivity contribution in [1.29, 1.82) is 0 Å². The Kier molecular flexibility index (Phi) is 4.11. The van der Waals surface area contributed by atoms with Crippen molar-refractivity contribution in [2.24, 2.45) is 13.0 Å². The van der Waals surface area contributed by atoms with Crippen LogP contribution in [0.4, 0.5) is 0 Å². The maximum absolute atomic E-state index is 12.1. The number of hydrogen-bond acceptors (Lipinski definition) is 3. The van der Waals surface area contributed by atoms with Gasteiger partial charge in [0.25, 0.3) is 0 Å². The maximum Gasteiger partial charge on any atom is 0.306 e. The second-order valence-electron chi connectivity index (χ2n) is 5.56. The van der Waals surface area contributed by atoms with Crippen molar-refractivity contribution >= 4 is 11.9 Å². The van der Waals surface area contributed by atoms with Crippen molar-refractivity contribution in [3.63, 3.8) is 0 Å². The molecule has 2 atom stereocenters. The summed E-state index contributed by atoms with van der Waals surface area (Å²) in [5.41, 5.74) is 2.82. The number of rotatable bonds is 4. The Balaban J connectivity index is 1.92. The summed E-state index contributed by atoms with van der Waals surface area (Å²) in [6.45, 7) is 3.84. The average molecular weight is 279 g/mol. The number of carboxylic acid groups (broad SMARTS) is 1. The van der Waals surface area contributed by atoms with Gasteiger partial charge in [0.05, 0.1) is 18.0 Å². The fraction of sp³-hybridized carbons (Fsp3) is 0.643. The molecule has 6 nitrogen and oxygen atoms in total. The van der Waals surface area contributed by atoms with Crippen molar-refractivity contribution in [3.05, 3.63) is 17.0 Å². The second-order valence-corrected chi connectivity index (χ2v) is 5.56. The molecule has 2 N–H and O–H groups in total. The topological polar surface area (TPSA) is 84.2 Å². The molecule has 0 saturated heterocycles. The van der Waals surface area contributed by atoms with Crippen LogP contribution in [0.3, 0.4) is 0 Å². The summed E-state index contributed by atoms with van der Waals surface area (Å²) in [5.74, 6) is -1.14. The zero-order valence-electron chi connectivity index (χ0n) is 12.1. The number of aliphatic carboxylic acids is 1. The smallest absolute Gasteiger partial charge is 0.306 e. The third kappa shape index (κ3) is 3.00. The Morgan fingerprint density at radius 3 is 2.60 bits per heavy atom. The number of carboxylic acids is 1. The fourth-order valence-electron chi connectivity index (χ4n) is 2.85. The molecule has 2 rings (SSSR count). The van der Waals surface area contributed by atoms with Crippen LogP contribution in [-0.4, -0.2) is 32.8 Å². The minimum Gasteiger partial charge on any atom is -0.481 e. The van der Waals surface area contributed by atoms with Gasteiger partial charge in [-0.25, -0.2) is 0 Å². The monoisotopic (exact) mass is 279 g/mol. The Hall–Kier alpha value is -1.85. The van der Waals surface area contributed by atoms with Crippen molar-refractivity contribution in [3.8, 4) is 0 Å². The predicted octanol–water partition coefficient (Wildman–Crippen LogP) is 0.949. The predicted molar refractivity (Wildman–Crippen MR) is 73.3 cm³/mol. The van der Waals surface area contributed by atoms with Gasteiger partial charge >= 0.3 is 5.97 Å². The third-order valence-corrected chi connectivity index (χ3v) is 4.14. The minimum atomic E-state index is -0.763. The lowest BCUT2D eigenvalue weighted by Gasteiger charge is -2.12. The fourth-order valence-corrected chi connectivity index (χ4v) is 2.85. The van der Waals surface area contributed by atoms with E-state index in [1.165, 1.54) is 0 Å². The minimum absolute atomic E-state index is 0.0131. The molecule has 1 aromatic heterocycles. The largest absolute Gasteiger partial charge is 0.481 e. The molecule has 1 fully saturated rings. The molecule has 0 bridgehead atoms. The van der Waals surface area contributed by atoms with Crippen LogP contribution in [0.1, 0.15) is 36.2 Å². The maximum atomic E-state index is 12.1. The van der Waals surface area contributed by atoms with Crippen LogP contribution in [-0.2, 0) is 23.1 Å². The van der Waals surface area contributed by atoms with Crippen LogP contribution in [0.5, 0.6) is 0 Å². The first kappa shape index (κ1) is 14.6. The standard InChI is InChI=1S/C14H21N3O3/c1-8-12(9(2)17(3)16-8)7-13(18)15-11-5-4-10(6-11)14(19)20/h10-11H,4-7H2,1-3H3,(H,15,18)(H,19,20)/t10-,11+/m0/s1. The van der Waals surface area contributed by atoms with E-state index in [1.807, 2.05) is 20.9 Å². The highest BCUT2D eigenvalue weighted by Gasteiger charge is 2.30. The summed E-state index contributed by atoms with van der Waals surface area (Å²) in [4.78, 5) is 23.0. The molecule has 110 valence electrons. The van der Waals surface area contributed by atoms with Gasteiger partial charge in [0.1, 0.15) is 0 Å². The van der Waals surface area contributed by atoms with Crippen LogP contribution in [0.15, 0.2) is 0 Å². The number of nitrogens with zero attached hydrogens (tertiary/aromatic N) is 2. The van der Waals surface area contributed by atoms with Gasteiger partial charge < -0.3 is 10.4 Å². The van der Waals surface area contributed by atoms with Gasteiger partial charge in [-0.2, -0.15) is 5.10 Å². The molecule has 0 unspecified atom stereocenters. The Bertz CT molecular complexity index is 536. The van der Waals surface area contributed by atoms with Crippen molar-refractivity contribution in [1.82, 2.24) is 15.1 Å². The lowest BCUT2D eigenvalue weighted by atomic mass is 10.1. The molecule has 1 aromatic rings. The van der Waals surface area contributed by atoms with E-state index in [0.29, 0.717) is 19.3 Å². The van der Waals surface area contributed by atoms with Crippen LogP contribution in [0.2, 0.25) is 0 Å². The first-order valence-corrected chi connectivity index (χ1v) is 6.89. The summed E-state index contributed by atoms with van der Waals surface area (Å²) < 4.78 is 1.77. The van der Waals surface area contributed by atoms with Crippen molar-refractivity contribution < 1.29 is 14.7 Å². The van der Waals surface area contributed by atoms with Gasteiger partial charge in [-0.15, -0.1) is 0 Å². The Morgan fingerprint density at radius 2 is 2.10 bits per heavy atom. The first-order valence-electron chi connectivity index (χ1n) is 6.89. The third-order valence-electron chi connectivity index (χ3n) is 4.14. The lowest BCUT2D eigenvalue weighted by molar-refractivity contribution is -0.141. The molecular weight excluding hydrogens is 258 g/mol. The molecule has 1 aliphatic carbocycles. The van der Waals surface area contributed by atoms with Gasteiger partial charge in [-0.05, 0) is 33.1 Å². The van der Waals surface area contributed by atoms with Gasteiger partial charge in [-0.1, -0.05) is 0 Å². The van der Waals surface area contributed by atoms with Gasteiger partial charge in [0.2, 0.25) is 5.91 Å². The van der Waals surface area contributed by atoms with E-state index in [-0.39, 0.29) is 17.9 Å². The summed E-state index contributed by atoms with van der Waals surface area (Å²) >= 11 is 0. The zero-order valence-corrected chi connectivity index (χ0v) is 12.1. The van der Waals surface area contributed by atoms with Crippen LogP contribution < -0.4 is 5.32 Å². The van der Waals surface area contributed by atoms with Gasteiger partial charge in [0, 0.05) is 24.3 Å². The number of aryl methyl sites for hydroxylation is 2. The van der Waals surface area contributed by atoms with Crippen molar-refractivity contribution in [2.75, 3.05) is 0 Å². The van der Waals surface area contributed by atoms with Gasteiger partial charge in [0.15, 0.2) is 0 Å². The molecular formula is C14H21N3O3. The number of aromatic nitrogens is 2. The summed E-state index contributed by atoms with van der Waals surface area (Å²) in [6.07, 6.45) is 2.23. The van der Waals surface area contributed by atoms with Gasteiger partial charge in [-0.3, -0.25) is 14.3 Å². The molecule has 0 aliphatic heterocycles. The second kappa shape index (κ2) is 5.64. The molecule has 1 saturated carbocycles. The highest BCUT2D eigenvalue weighted by molar-refractivity contribution is 5.79. The molecule has 0 spiro atoms. The lowest BCUT2D eigenvalue weighted by Crippen LogP contribution is -2.34. The summed E-state index contributed by atoms with van der Waals surface area (Å²) in [5, 5.41) is 16.2. The van der Waals surface area contributed by atoms with E-state index >= 15 is 0 Å². The first-order chi connectivity index (χ1) is 9.38. The SMILES string of the molecule is Cc1nn(C)c(C)c1CC(=O)N[C@@H]1CC[C@H](C(=O)O)C1. The van der Waals surface area contributed by atoms with E-state index in [1.54, 1.807) is 4.68 Å². The van der Waals surface area contributed by atoms with E-state index in [9.17, 15) is 9.59 Å². The Morgan fingerprint density at radius 1 is 1.40 bits per heavy atom. The summed E-state index contributed by atoms with van der Waals surface area (Å²) in [7, 11) is 1.86. The number of nitrogens with one attached hydrogen (secondary N) is 1. The zero-order chi connectivity index (χ0) is 14.9. The molecule has 0 radical (unpaired) electrons. The number of carbonyl (C=O) groups is 2. The molecule has 20 heavy (non-hydrogen) atoms. The van der Waals surface area contributed by atoms with E-state index in [0.717, 1.165) is 23.4 Å². The van der Waals surface area contributed by atoms with E-state index in [2.05, 4.69) is 10.4 Å². The highest BCUT2D eigenvalue weighted by atomic mass is 16.4. The molecule has 0 aromatic carbocycles. The average Bonchev–Trinajstić information content (AvgIpc) is 2.91. The van der Waals surface area contributed by atoms with E-state index in [4.69, 9.17) is 5.11 Å². The Labute approximate surface area is 118 Å². The van der Waals surface area contributed by atoms with Crippen LogP contribution in [0, 0.1) is 19.8 Å².